The predicted octanol–water partition coefficient (Wildman–Crippen LogP) is 3.41. The Bertz CT molecular complexity index is 707. The summed E-state index contributed by atoms with van der Waals surface area (Å²) in [6.07, 6.45) is 0.335. The molecular weight excluding hydrogens is 323 g/mol. The second kappa shape index (κ2) is 8.24. The van der Waals surface area contributed by atoms with Gasteiger partial charge in [0.05, 0.1) is 7.11 Å². The van der Waals surface area contributed by atoms with E-state index in [1.807, 2.05) is 0 Å². The summed E-state index contributed by atoms with van der Waals surface area (Å²) in [7, 11) is 1.29. The highest BCUT2D eigenvalue weighted by atomic mass is 19.3. The van der Waals surface area contributed by atoms with E-state index in [4.69, 9.17) is 4.74 Å². The molecule has 0 heterocycles. The number of hydrogen-bond donors (Lipinski definition) is 1. The summed E-state index contributed by atoms with van der Waals surface area (Å²) in [6, 6.07) is 10.2. The molecule has 2 aromatic carbocycles. The number of amides is 1. The standard InChI is InChI=1S/C17H16F3NO3/c1-23-15-10-12(6-7-14(15)24-17(19)20)16(22)21-9-8-11-4-2-3-5-13(11)18/h2-7,10,17H,8-9H2,1H3,(H,21,22). The summed E-state index contributed by atoms with van der Waals surface area (Å²) >= 11 is 0. The van der Waals surface area contributed by atoms with Crippen LogP contribution in [-0.2, 0) is 6.42 Å². The zero-order valence-electron chi connectivity index (χ0n) is 12.9. The van der Waals surface area contributed by atoms with Crippen LogP contribution in [0.3, 0.4) is 0 Å². The lowest BCUT2D eigenvalue weighted by Gasteiger charge is -2.11. The molecule has 7 heteroatoms. The summed E-state index contributed by atoms with van der Waals surface area (Å²) < 4.78 is 47.2. The summed E-state index contributed by atoms with van der Waals surface area (Å²) in [6.45, 7) is -2.75. The van der Waals surface area contributed by atoms with Crippen molar-refractivity contribution in [2.75, 3.05) is 13.7 Å². The van der Waals surface area contributed by atoms with Crippen LogP contribution >= 0.6 is 0 Å². The SMILES string of the molecule is COc1cc(C(=O)NCCc2ccccc2F)ccc1OC(F)F. The van der Waals surface area contributed by atoms with Gasteiger partial charge in [-0.3, -0.25) is 4.79 Å². The van der Waals surface area contributed by atoms with Crippen LogP contribution in [0, 0.1) is 5.82 Å². The van der Waals surface area contributed by atoms with Crippen LogP contribution in [0.2, 0.25) is 0 Å². The molecular formula is C17H16F3NO3. The Hall–Kier alpha value is -2.70. The van der Waals surface area contributed by atoms with Crippen molar-refractivity contribution in [3.63, 3.8) is 0 Å². The largest absolute Gasteiger partial charge is 0.493 e. The molecule has 128 valence electrons. The minimum absolute atomic E-state index is 0.0250. The summed E-state index contributed by atoms with van der Waals surface area (Å²) in [5, 5.41) is 2.64. The summed E-state index contributed by atoms with van der Waals surface area (Å²) in [4.78, 5) is 12.1. The number of nitrogens with one attached hydrogen (secondary N) is 1. The first-order valence-corrected chi connectivity index (χ1v) is 7.15. The van der Waals surface area contributed by atoms with Gasteiger partial charge in [-0.15, -0.1) is 0 Å². The summed E-state index contributed by atoms with van der Waals surface area (Å²) in [5.41, 5.74) is 0.720. The Morgan fingerprint density at radius 1 is 1.17 bits per heavy atom. The molecule has 0 spiro atoms. The third kappa shape index (κ3) is 4.65. The minimum Gasteiger partial charge on any atom is -0.493 e. The normalized spacial score (nSPS) is 10.5. The number of methoxy groups -OCH3 is 1. The molecule has 0 aliphatic carbocycles. The van der Waals surface area contributed by atoms with E-state index in [9.17, 15) is 18.0 Å². The zero-order chi connectivity index (χ0) is 17.5. The molecule has 0 aliphatic heterocycles. The van der Waals surface area contributed by atoms with Crippen molar-refractivity contribution in [2.24, 2.45) is 0 Å². The van der Waals surface area contributed by atoms with Crippen LogP contribution in [0.25, 0.3) is 0 Å². The highest BCUT2D eigenvalue weighted by Gasteiger charge is 2.14. The van der Waals surface area contributed by atoms with Crippen LogP contribution in [-0.4, -0.2) is 26.2 Å². The number of carbonyl (C=O) groups is 1. The first-order chi connectivity index (χ1) is 11.5. The van der Waals surface area contributed by atoms with E-state index in [-0.39, 0.29) is 29.4 Å². The molecule has 2 rings (SSSR count). The molecule has 0 saturated heterocycles. The van der Waals surface area contributed by atoms with Gasteiger partial charge in [0.1, 0.15) is 5.82 Å². The predicted molar refractivity (Wildman–Crippen MR) is 82.1 cm³/mol. The Kier molecular flexibility index (Phi) is 6.06. The van der Waals surface area contributed by atoms with E-state index in [1.54, 1.807) is 18.2 Å². The zero-order valence-corrected chi connectivity index (χ0v) is 12.9. The number of carbonyl (C=O) groups excluding carboxylic acids is 1. The maximum absolute atomic E-state index is 13.5. The molecule has 0 unspecified atom stereocenters. The monoisotopic (exact) mass is 339 g/mol. The van der Waals surface area contributed by atoms with Crippen molar-refractivity contribution < 1.29 is 27.4 Å². The summed E-state index contributed by atoms with van der Waals surface area (Å²) in [5.74, 6) is -0.886. The molecule has 24 heavy (non-hydrogen) atoms. The van der Waals surface area contributed by atoms with Gasteiger partial charge in [0.25, 0.3) is 5.91 Å². The fourth-order valence-corrected chi connectivity index (χ4v) is 2.12. The molecule has 1 N–H and O–H groups in total. The number of rotatable bonds is 7. The Balaban J connectivity index is 1.98. The van der Waals surface area contributed by atoms with Crippen molar-refractivity contribution in [1.82, 2.24) is 5.32 Å². The lowest BCUT2D eigenvalue weighted by Crippen LogP contribution is -2.26. The molecule has 1 amide bonds. The average molecular weight is 339 g/mol. The first kappa shape index (κ1) is 17.7. The molecule has 0 atom stereocenters. The van der Waals surface area contributed by atoms with Gasteiger partial charge < -0.3 is 14.8 Å². The van der Waals surface area contributed by atoms with Gasteiger partial charge in [-0.25, -0.2) is 4.39 Å². The second-order valence-electron chi connectivity index (χ2n) is 4.84. The highest BCUT2D eigenvalue weighted by Crippen LogP contribution is 2.29. The van der Waals surface area contributed by atoms with Crippen molar-refractivity contribution in [1.29, 1.82) is 0 Å². The Morgan fingerprint density at radius 3 is 2.58 bits per heavy atom. The van der Waals surface area contributed by atoms with Gasteiger partial charge in [0.15, 0.2) is 11.5 Å². The number of ether oxygens (including phenoxy) is 2. The molecule has 0 fully saturated rings. The lowest BCUT2D eigenvalue weighted by molar-refractivity contribution is -0.0512. The van der Waals surface area contributed by atoms with Gasteiger partial charge >= 0.3 is 6.61 Å². The average Bonchev–Trinajstić information content (AvgIpc) is 2.56. The van der Waals surface area contributed by atoms with Crippen molar-refractivity contribution in [3.8, 4) is 11.5 Å². The van der Waals surface area contributed by atoms with E-state index < -0.39 is 12.5 Å². The second-order valence-corrected chi connectivity index (χ2v) is 4.84. The molecule has 2 aromatic rings. The molecule has 4 nitrogen and oxygen atoms in total. The van der Waals surface area contributed by atoms with E-state index in [0.717, 1.165) is 0 Å². The van der Waals surface area contributed by atoms with Gasteiger partial charge in [0.2, 0.25) is 0 Å². The maximum Gasteiger partial charge on any atom is 0.387 e. The van der Waals surface area contributed by atoms with Crippen LogP contribution in [0.1, 0.15) is 15.9 Å². The van der Waals surface area contributed by atoms with Gasteiger partial charge in [0, 0.05) is 12.1 Å². The Labute approximate surface area is 137 Å². The number of halogens is 3. The van der Waals surface area contributed by atoms with Crippen molar-refractivity contribution in [2.45, 2.75) is 13.0 Å². The number of benzene rings is 2. The van der Waals surface area contributed by atoms with Crippen LogP contribution in [0.4, 0.5) is 13.2 Å². The highest BCUT2D eigenvalue weighted by molar-refractivity contribution is 5.94. The number of hydrogen-bond acceptors (Lipinski definition) is 3. The van der Waals surface area contributed by atoms with E-state index in [1.165, 1.54) is 31.4 Å². The third-order valence-electron chi connectivity index (χ3n) is 3.28. The van der Waals surface area contributed by atoms with E-state index in [0.29, 0.717) is 12.0 Å². The molecule has 0 saturated carbocycles. The molecule has 0 aromatic heterocycles. The molecule has 0 radical (unpaired) electrons. The van der Waals surface area contributed by atoms with Crippen LogP contribution in [0.15, 0.2) is 42.5 Å². The van der Waals surface area contributed by atoms with Crippen molar-refractivity contribution in [3.05, 3.63) is 59.4 Å². The quantitative estimate of drug-likeness (QED) is 0.841. The topological polar surface area (TPSA) is 47.6 Å². The van der Waals surface area contributed by atoms with Gasteiger partial charge in [-0.05, 0) is 36.2 Å². The van der Waals surface area contributed by atoms with Crippen LogP contribution < -0.4 is 14.8 Å². The van der Waals surface area contributed by atoms with E-state index >= 15 is 0 Å². The third-order valence-corrected chi connectivity index (χ3v) is 3.28. The van der Waals surface area contributed by atoms with Gasteiger partial charge in [-0.1, -0.05) is 18.2 Å². The molecule has 0 bridgehead atoms. The van der Waals surface area contributed by atoms with Gasteiger partial charge in [-0.2, -0.15) is 8.78 Å². The smallest absolute Gasteiger partial charge is 0.387 e. The fourth-order valence-electron chi connectivity index (χ4n) is 2.12. The lowest BCUT2D eigenvalue weighted by atomic mass is 10.1. The fraction of sp³-hybridized carbons (Fsp3) is 0.235. The van der Waals surface area contributed by atoms with Crippen molar-refractivity contribution >= 4 is 5.91 Å². The molecule has 0 aliphatic rings. The van der Waals surface area contributed by atoms with E-state index in [2.05, 4.69) is 10.1 Å². The number of alkyl halides is 2. The minimum atomic E-state index is -2.99. The Morgan fingerprint density at radius 2 is 1.92 bits per heavy atom. The maximum atomic E-state index is 13.5. The first-order valence-electron chi connectivity index (χ1n) is 7.15. The van der Waals surface area contributed by atoms with Crippen LogP contribution in [0.5, 0.6) is 11.5 Å².